The number of nitrogens with zero attached hydrogens (tertiary/aromatic N) is 1. The highest BCUT2D eigenvalue weighted by atomic mass is 32.1. The van der Waals surface area contributed by atoms with Crippen molar-refractivity contribution in [2.75, 3.05) is 0 Å². The van der Waals surface area contributed by atoms with Crippen LogP contribution in [-0.2, 0) is 12.8 Å². The van der Waals surface area contributed by atoms with Gasteiger partial charge in [0.2, 0.25) is 5.91 Å². The minimum Gasteiger partial charge on any atom is -0.366 e. The summed E-state index contributed by atoms with van der Waals surface area (Å²) in [5.41, 5.74) is 9.88. The van der Waals surface area contributed by atoms with E-state index in [9.17, 15) is 9.59 Å². The van der Waals surface area contributed by atoms with E-state index in [2.05, 4.69) is 33.8 Å². The minimum atomic E-state index is -0.418. The molecule has 174 valence electrons. The monoisotopic (exact) mass is 462 g/mol. The first-order chi connectivity index (χ1) is 15.7. The molecule has 0 fully saturated rings. The van der Waals surface area contributed by atoms with Crippen molar-refractivity contribution in [1.82, 2.24) is 4.98 Å². The lowest BCUT2D eigenvalue weighted by atomic mass is 9.71. The Labute approximate surface area is 200 Å². The number of rotatable bonds is 7. The third kappa shape index (κ3) is 5.19. The molecule has 5 heteroatoms. The fourth-order valence-corrected chi connectivity index (χ4v) is 5.96. The Morgan fingerprint density at radius 1 is 1.18 bits per heavy atom. The molecule has 1 amide bonds. The number of fused-ring (bicyclic) bond motifs is 2. The van der Waals surface area contributed by atoms with Gasteiger partial charge in [-0.2, -0.15) is 0 Å². The second-order valence-electron chi connectivity index (χ2n) is 10.5. The van der Waals surface area contributed by atoms with E-state index < -0.39 is 5.91 Å². The third-order valence-electron chi connectivity index (χ3n) is 7.25. The minimum absolute atomic E-state index is 0.191. The van der Waals surface area contributed by atoms with Crippen molar-refractivity contribution in [3.63, 3.8) is 0 Å². The number of nitrogens with two attached hydrogens (primary N) is 1. The van der Waals surface area contributed by atoms with Crippen LogP contribution in [0, 0.1) is 11.3 Å². The van der Waals surface area contributed by atoms with Crippen molar-refractivity contribution in [2.45, 2.75) is 72.1 Å². The van der Waals surface area contributed by atoms with Crippen molar-refractivity contribution in [3.05, 3.63) is 63.7 Å². The van der Waals surface area contributed by atoms with Crippen molar-refractivity contribution in [1.29, 1.82) is 0 Å². The molecule has 2 aromatic heterocycles. The number of hydrogen-bond donors (Lipinski definition) is 1. The van der Waals surface area contributed by atoms with Gasteiger partial charge in [0.25, 0.3) is 0 Å². The molecule has 0 radical (unpaired) electrons. The quantitative estimate of drug-likeness (QED) is 0.397. The van der Waals surface area contributed by atoms with Crippen molar-refractivity contribution < 1.29 is 9.59 Å². The molecule has 1 aliphatic carbocycles. The molecule has 0 bridgehead atoms. The van der Waals surface area contributed by atoms with E-state index in [1.807, 2.05) is 18.2 Å². The number of amides is 1. The molecule has 2 N–H and O–H groups in total. The van der Waals surface area contributed by atoms with Crippen LogP contribution in [0.15, 0.2) is 36.4 Å². The lowest BCUT2D eigenvalue weighted by Gasteiger charge is -2.34. The van der Waals surface area contributed by atoms with Crippen LogP contribution in [0.2, 0.25) is 0 Å². The lowest BCUT2D eigenvalue weighted by molar-refractivity contribution is 0.0978. The molecule has 2 atom stereocenters. The molecule has 4 nitrogen and oxygen atoms in total. The van der Waals surface area contributed by atoms with Crippen LogP contribution in [0.5, 0.6) is 0 Å². The summed E-state index contributed by atoms with van der Waals surface area (Å²) in [4.78, 5) is 31.1. The highest BCUT2D eigenvalue weighted by Gasteiger charge is 2.29. The number of hydrogen-bond acceptors (Lipinski definition) is 4. The normalized spacial score (nSPS) is 17.0. The van der Waals surface area contributed by atoms with E-state index in [0.29, 0.717) is 23.3 Å². The van der Waals surface area contributed by atoms with Gasteiger partial charge in [0.1, 0.15) is 4.83 Å². The summed E-state index contributed by atoms with van der Waals surface area (Å²) in [6.45, 7) is 9.11. The van der Waals surface area contributed by atoms with E-state index in [4.69, 9.17) is 10.7 Å². The average Bonchev–Trinajstić information content (AvgIpc) is 3.20. The van der Waals surface area contributed by atoms with Crippen LogP contribution in [0.1, 0.15) is 96.1 Å². The molecule has 1 aromatic carbocycles. The second kappa shape index (κ2) is 9.38. The zero-order valence-corrected chi connectivity index (χ0v) is 20.9. The second-order valence-corrected chi connectivity index (χ2v) is 11.5. The molecule has 2 heterocycles. The van der Waals surface area contributed by atoms with Crippen LogP contribution >= 0.6 is 11.3 Å². The van der Waals surface area contributed by atoms with E-state index in [-0.39, 0.29) is 11.7 Å². The Kier molecular flexibility index (Phi) is 6.71. The summed E-state index contributed by atoms with van der Waals surface area (Å²) in [7, 11) is 0. The van der Waals surface area contributed by atoms with Gasteiger partial charge in [-0.15, -0.1) is 11.3 Å². The first kappa shape index (κ1) is 23.6. The number of ketones is 1. The number of aromatic nitrogens is 1. The first-order valence-electron chi connectivity index (χ1n) is 12.0. The molecule has 0 spiro atoms. The van der Waals surface area contributed by atoms with E-state index in [0.717, 1.165) is 46.3 Å². The predicted molar refractivity (Wildman–Crippen MR) is 136 cm³/mol. The maximum absolute atomic E-state index is 13.0. The van der Waals surface area contributed by atoms with Gasteiger partial charge in [0, 0.05) is 23.1 Å². The molecule has 1 unspecified atom stereocenters. The van der Waals surface area contributed by atoms with E-state index in [1.165, 1.54) is 29.0 Å². The van der Waals surface area contributed by atoms with Gasteiger partial charge in [-0.3, -0.25) is 9.59 Å². The van der Waals surface area contributed by atoms with Gasteiger partial charge < -0.3 is 5.73 Å². The van der Waals surface area contributed by atoms with Gasteiger partial charge in [0.05, 0.1) is 4.88 Å². The Hall–Kier alpha value is -2.53. The summed E-state index contributed by atoms with van der Waals surface area (Å²) in [6.07, 6.45) is 5.53. The highest BCUT2D eigenvalue weighted by Crippen LogP contribution is 2.38. The Morgan fingerprint density at radius 2 is 1.91 bits per heavy atom. The number of benzene rings is 1. The molecule has 1 aliphatic rings. The molecule has 33 heavy (non-hydrogen) atoms. The summed E-state index contributed by atoms with van der Waals surface area (Å²) in [5, 5.41) is 1.10. The van der Waals surface area contributed by atoms with E-state index >= 15 is 0 Å². The van der Waals surface area contributed by atoms with Crippen molar-refractivity contribution >= 4 is 33.2 Å². The topological polar surface area (TPSA) is 73.1 Å². The van der Waals surface area contributed by atoms with Gasteiger partial charge in [0.15, 0.2) is 5.78 Å². The number of pyridine rings is 1. The number of thiophene rings is 1. The largest absolute Gasteiger partial charge is 0.366 e. The molecular weight excluding hydrogens is 428 g/mol. The highest BCUT2D eigenvalue weighted by molar-refractivity contribution is 7.20. The smallest absolute Gasteiger partial charge is 0.248 e. The predicted octanol–water partition coefficient (Wildman–Crippen LogP) is 6.70. The van der Waals surface area contributed by atoms with Gasteiger partial charge in [-0.1, -0.05) is 39.8 Å². The zero-order chi connectivity index (χ0) is 23.8. The van der Waals surface area contributed by atoms with Crippen LogP contribution in [0.3, 0.4) is 0 Å². The molecule has 0 saturated carbocycles. The standard InChI is InChI=1S/C28H34N2O2S/c1-5-17(18-6-8-19(9-7-18)26(29)32)10-13-24(31)25-16-21-14-20-15-22(28(2,3)4)11-12-23(20)30-27(21)33-25/h6-9,14,16-17,22H,5,10-13,15H2,1-4H3,(H2,29,32)/t17-,22?/m0/s1. The number of aryl methyl sites for hydroxylation is 1. The van der Waals surface area contributed by atoms with Crippen LogP contribution in [0.25, 0.3) is 10.2 Å². The summed E-state index contributed by atoms with van der Waals surface area (Å²) >= 11 is 1.53. The number of carbonyl (C=O) groups is 2. The number of carbonyl (C=O) groups excluding carboxylic acids is 2. The maximum atomic E-state index is 13.0. The average molecular weight is 463 g/mol. The zero-order valence-electron chi connectivity index (χ0n) is 20.1. The number of Topliss-reactive ketones (excluding diaryl/α,β-unsaturated/α-hetero) is 1. The Bertz CT molecular complexity index is 1170. The van der Waals surface area contributed by atoms with Crippen LogP contribution < -0.4 is 5.73 Å². The number of primary amides is 1. The van der Waals surface area contributed by atoms with Gasteiger partial charge in [-0.05, 0) is 84.7 Å². The SMILES string of the molecule is CC[C@@H](CCC(=O)c1cc2cc3c(nc2s1)CCC(C(C)(C)C)C3)c1ccc(C(N)=O)cc1. The Balaban J connectivity index is 1.46. The van der Waals surface area contributed by atoms with E-state index in [1.54, 1.807) is 12.1 Å². The molecule has 4 rings (SSSR count). The van der Waals surface area contributed by atoms with Crippen LogP contribution in [-0.4, -0.2) is 16.7 Å². The first-order valence-corrected chi connectivity index (χ1v) is 12.8. The molecule has 3 aromatic rings. The summed E-state index contributed by atoms with van der Waals surface area (Å²) in [5.74, 6) is 0.728. The van der Waals surface area contributed by atoms with Crippen LogP contribution in [0.4, 0.5) is 0 Å². The lowest BCUT2D eigenvalue weighted by Crippen LogP contribution is -2.27. The van der Waals surface area contributed by atoms with Crippen molar-refractivity contribution in [3.8, 4) is 0 Å². The third-order valence-corrected chi connectivity index (χ3v) is 8.34. The van der Waals surface area contributed by atoms with Crippen molar-refractivity contribution in [2.24, 2.45) is 17.1 Å². The van der Waals surface area contributed by atoms with Gasteiger partial charge >= 0.3 is 0 Å². The molecular formula is C28H34N2O2S. The van der Waals surface area contributed by atoms with Gasteiger partial charge in [-0.25, -0.2) is 4.98 Å². The summed E-state index contributed by atoms with van der Waals surface area (Å²) in [6, 6.07) is 11.8. The molecule has 0 saturated heterocycles. The summed E-state index contributed by atoms with van der Waals surface area (Å²) < 4.78 is 0. The molecule has 0 aliphatic heterocycles. The maximum Gasteiger partial charge on any atom is 0.248 e. The Morgan fingerprint density at radius 3 is 2.55 bits per heavy atom. The fourth-order valence-electron chi connectivity index (χ4n) is 4.95. The fraction of sp³-hybridized carbons (Fsp3) is 0.464.